The van der Waals surface area contributed by atoms with Crippen LogP contribution in [0.4, 0.5) is 21.6 Å². The van der Waals surface area contributed by atoms with Gasteiger partial charge in [0.15, 0.2) is 9.84 Å². The van der Waals surface area contributed by atoms with E-state index in [4.69, 9.17) is 17.3 Å². The number of alkyl halides is 1. The maximum absolute atomic E-state index is 13.4. The molecule has 0 atom stereocenters. The van der Waals surface area contributed by atoms with Gasteiger partial charge in [-0.2, -0.15) is 0 Å². The first kappa shape index (κ1) is 26.9. The zero-order valence-corrected chi connectivity index (χ0v) is 21.8. The Kier molecular flexibility index (Phi) is 7.84. The van der Waals surface area contributed by atoms with E-state index in [-0.39, 0.29) is 28.6 Å². The third-order valence-corrected chi connectivity index (χ3v) is 7.10. The highest BCUT2D eigenvalue weighted by Gasteiger charge is 2.15. The summed E-state index contributed by atoms with van der Waals surface area (Å²) in [5, 5.41) is 16.7. The number of hydrogen-bond donors (Lipinski definition) is 4. The second-order valence-corrected chi connectivity index (χ2v) is 11.0. The number of carbonyl (C=O) groups is 1. The Balaban J connectivity index is 1.50. The summed E-state index contributed by atoms with van der Waals surface area (Å²) in [5.74, 6) is -0.559. The number of nitrogen functional groups attached to an aromatic ring is 1. The molecule has 0 unspecified atom stereocenters. The summed E-state index contributed by atoms with van der Waals surface area (Å²) in [6.07, 6.45) is 1.12. The Hall–Kier alpha value is -4.15. The molecule has 0 aliphatic rings. The standard InChI is InChI=1S/C27H24ClFN4O4S/c1-38(36,37)20-6-2-16(3-7-20)15-31-27(35)21-8-10-24(33-26(21)30)22-13-19(5-11-25(22)34)32-23-9-4-18(28)12-17(23)14-29/h2-13,32,34H,14-15H2,1H3,(H2,30,33)(H,31,35). The zero-order chi connectivity index (χ0) is 27.4. The molecule has 4 aromatic rings. The van der Waals surface area contributed by atoms with Crippen molar-refractivity contribution in [3.05, 3.63) is 94.5 Å². The van der Waals surface area contributed by atoms with E-state index in [0.717, 1.165) is 6.26 Å². The van der Waals surface area contributed by atoms with Gasteiger partial charge in [-0.1, -0.05) is 23.7 Å². The van der Waals surface area contributed by atoms with Crippen LogP contribution in [0.2, 0.25) is 5.02 Å². The number of benzene rings is 3. The molecule has 8 nitrogen and oxygen atoms in total. The molecule has 0 aliphatic carbocycles. The molecule has 196 valence electrons. The minimum atomic E-state index is -3.31. The molecule has 0 radical (unpaired) electrons. The fourth-order valence-electron chi connectivity index (χ4n) is 3.72. The van der Waals surface area contributed by atoms with E-state index in [1.54, 1.807) is 42.5 Å². The quantitative estimate of drug-likeness (QED) is 0.219. The first-order valence-electron chi connectivity index (χ1n) is 11.3. The van der Waals surface area contributed by atoms with Crippen molar-refractivity contribution in [1.82, 2.24) is 10.3 Å². The van der Waals surface area contributed by atoms with Crippen molar-refractivity contribution >= 4 is 44.5 Å². The molecule has 1 amide bonds. The first-order chi connectivity index (χ1) is 18.0. The van der Waals surface area contributed by atoms with Crippen LogP contribution >= 0.6 is 11.6 Å². The summed E-state index contributed by atoms with van der Waals surface area (Å²) < 4.78 is 36.6. The van der Waals surface area contributed by atoms with Crippen LogP contribution < -0.4 is 16.4 Å². The molecule has 0 bridgehead atoms. The number of aromatic nitrogens is 1. The van der Waals surface area contributed by atoms with Crippen molar-refractivity contribution in [3.63, 3.8) is 0 Å². The van der Waals surface area contributed by atoms with Gasteiger partial charge in [0, 0.05) is 40.3 Å². The Morgan fingerprint density at radius 2 is 1.79 bits per heavy atom. The predicted molar refractivity (Wildman–Crippen MR) is 146 cm³/mol. The van der Waals surface area contributed by atoms with Crippen LogP contribution in [0, 0.1) is 0 Å². The summed E-state index contributed by atoms with van der Waals surface area (Å²) in [6.45, 7) is -0.550. The monoisotopic (exact) mass is 554 g/mol. The molecular formula is C27H24ClFN4O4S. The average Bonchev–Trinajstić information content (AvgIpc) is 2.89. The van der Waals surface area contributed by atoms with Gasteiger partial charge in [0.1, 0.15) is 18.2 Å². The SMILES string of the molecule is CS(=O)(=O)c1ccc(CNC(=O)c2ccc(-c3cc(Nc4ccc(Cl)cc4CF)ccc3O)nc2N)cc1. The van der Waals surface area contributed by atoms with E-state index in [2.05, 4.69) is 15.6 Å². The van der Waals surface area contributed by atoms with Crippen molar-refractivity contribution in [2.45, 2.75) is 18.1 Å². The normalized spacial score (nSPS) is 11.2. The van der Waals surface area contributed by atoms with E-state index in [0.29, 0.717) is 38.8 Å². The van der Waals surface area contributed by atoms with Gasteiger partial charge in [-0.25, -0.2) is 17.8 Å². The van der Waals surface area contributed by atoms with E-state index < -0.39 is 22.4 Å². The Labute approximate surface area is 224 Å². The number of phenolic OH excluding ortho intramolecular Hbond substituents is 1. The number of sulfone groups is 1. The minimum Gasteiger partial charge on any atom is -0.507 e. The third-order valence-electron chi connectivity index (χ3n) is 5.74. The summed E-state index contributed by atoms with van der Waals surface area (Å²) >= 11 is 5.95. The van der Waals surface area contributed by atoms with E-state index in [9.17, 15) is 22.7 Å². The van der Waals surface area contributed by atoms with Crippen molar-refractivity contribution in [2.24, 2.45) is 0 Å². The van der Waals surface area contributed by atoms with Gasteiger partial charge in [-0.3, -0.25) is 4.79 Å². The lowest BCUT2D eigenvalue weighted by molar-refractivity contribution is 0.0951. The third kappa shape index (κ3) is 6.21. The van der Waals surface area contributed by atoms with Crippen LogP contribution in [0.3, 0.4) is 0 Å². The van der Waals surface area contributed by atoms with Gasteiger partial charge < -0.3 is 21.5 Å². The fraction of sp³-hybridized carbons (Fsp3) is 0.111. The molecule has 0 aliphatic heterocycles. The Morgan fingerprint density at radius 1 is 1.05 bits per heavy atom. The number of nitrogens with two attached hydrogens (primary N) is 1. The van der Waals surface area contributed by atoms with Crippen molar-refractivity contribution in [2.75, 3.05) is 17.3 Å². The smallest absolute Gasteiger partial charge is 0.255 e. The Morgan fingerprint density at radius 3 is 2.45 bits per heavy atom. The van der Waals surface area contributed by atoms with Gasteiger partial charge in [0.05, 0.1) is 16.2 Å². The maximum Gasteiger partial charge on any atom is 0.255 e. The molecule has 3 aromatic carbocycles. The topological polar surface area (TPSA) is 134 Å². The largest absolute Gasteiger partial charge is 0.507 e. The van der Waals surface area contributed by atoms with Gasteiger partial charge >= 0.3 is 0 Å². The summed E-state index contributed by atoms with van der Waals surface area (Å²) in [7, 11) is -3.31. The number of amides is 1. The summed E-state index contributed by atoms with van der Waals surface area (Å²) in [5.41, 5.74) is 9.09. The second-order valence-electron chi connectivity index (χ2n) is 8.52. The van der Waals surface area contributed by atoms with Crippen LogP contribution in [0.1, 0.15) is 21.5 Å². The highest BCUT2D eigenvalue weighted by molar-refractivity contribution is 7.90. The lowest BCUT2D eigenvalue weighted by Gasteiger charge is -2.13. The number of nitrogens with one attached hydrogen (secondary N) is 2. The van der Waals surface area contributed by atoms with Gasteiger partial charge in [-0.05, 0) is 66.2 Å². The summed E-state index contributed by atoms with van der Waals surface area (Å²) in [4.78, 5) is 17.2. The van der Waals surface area contributed by atoms with E-state index in [1.807, 2.05) is 0 Å². The number of carbonyl (C=O) groups excluding carboxylic acids is 1. The minimum absolute atomic E-state index is 0.0393. The molecule has 0 fully saturated rings. The molecular weight excluding hydrogens is 531 g/mol. The molecule has 0 saturated heterocycles. The molecule has 4 rings (SSSR count). The summed E-state index contributed by atoms with van der Waals surface area (Å²) in [6, 6.07) is 18.8. The molecule has 5 N–H and O–H groups in total. The van der Waals surface area contributed by atoms with Crippen LogP contribution in [-0.2, 0) is 23.1 Å². The highest BCUT2D eigenvalue weighted by Crippen LogP contribution is 2.33. The van der Waals surface area contributed by atoms with E-state index in [1.165, 1.54) is 30.3 Å². The number of nitrogens with zero attached hydrogens (tertiary/aromatic N) is 1. The molecule has 1 aromatic heterocycles. The first-order valence-corrected chi connectivity index (χ1v) is 13.6. The lowest BCUT2D eigenvalue weighted by atomic mass is 10.1. The van der Waals surface area contributed by atoms with Crippen LogP contribution in [-0.4, -0.2) is 30.7 Å². The van der Waals surface area contributed by atoms with Gasteiger partial charge in [0.25, 0.3) is 5.91 Å². The van der Waals surface area contributed by atoms with E-state index >= 15 is 0 Å². The number of rotatable bonds is 8. The maximum atomic E-state index is 13.4. The van der Waals surface area contributed by atoms with Crippen LogP contribution in [0.5, 0.6) is 5.75 Å². The molecule has 0 spiro atoms. The van der Waals surface area contributed by atoms with Crippen LogP contribution in [0.15, 0.2) is 77.7 Å². The molecule has 38 heavy (non-hydrogen) atoms. The number of anilines is 3. The van der Waals surface area contributed by atoms with Crippen LogP contribution in [0.25, 0.3) is 11.3 Å². The number of phenols is 1. The average molecular weight is 555 g/mol. The number of halogens is 2. The second kappa shape index (κ2) is 11.1. The molecule has 11 heteroatoms. The van der Waals surface area contributed by atoms with Crippen molar-refractivity contribution in [1.29, 1.82) is 0 Å². The number of pyridine rings is 1. The number of aromatic hydroxyl groups is 1. The Bertz CT molecular complexity index is 1610. The van der Waals surface area contributed by atoms with Crippen molar-refractivity contribution in [3.8, 4) is 17.0 Å². The van der Waals surface area contributed by atoms with Gasteiger partial charge in [-0.15, -0.1) is 0 Å². The van der Waals surface area contributed by atoms with Gasteiger partial charge in [0.2, 0.25) is 0 Å². The predicted octanol–water partition coefficient (Wildman–Crippen LogP) is 5.24. The fourth-order valence-corrected chi connectivity index (χ4v) is 4.54. The lowest BCUT2D eigenvalue weighted by Crippen LogP contribution is -2.24. The zero-order valence-electron chi connectivity index (χ0n) is 20.2. The molecule has 0 saturated carbocycles. The van der Waals surface area contributed by atoms with Crippen molar-refractivity contribution < 1.29 is 22.7 Å². The number of hydrogen-bond acceptors (Lipinski definition) is 7. The highest BCUT2D eigenvalue weighted by atomic mass is 35.5. The molecule has 1 heterocycles.